The van der Waals surface area contributed by atoms with Crippen LogP contribution < -0.4 is 10.6 Å². The maximum absolute atomic E-state index is 5.61. The highest BCUT2D eigenvalue weighted by Crippen LogP contribution is 1.99. The van der Waals surface area contributed by atoms with Gasteiger partial charge in [-0.2, -0.15) is 0 Å². The van der Waals surface area contributed by atoms with Gasteiger partial charge >= 0.3 is 0 Å². The molecule has 2 N–H and O–H groups in total. The fraction of sp³-hybridized carbons (Fsp3) is 0.562. The second kappa shape index (κ2) is 13.8. The molecule has 1 aromatic rings. The Morgan fingerprint density at radius 1 is 1.27 bits per heavy atom. The topological polar surface area (TPSA) is 54.9 Å². The van der Waals surface area contributed by atoms with E-state index in [2.05, 4.69) is 34.7 Å². The zero-order valence-corrected chi connectivity index (χ0v) is 16.0. The molecule has 6 heteroatoms. The number of hydrogen-bond acceptors (Lipinski definition) is 3. The number of nitrogens with zero attached hydrogens (tertiary/aromatic N) is 1. The van der Waals surface area contributed by atoms with Crippen molar-refractivity contribution in [2.24, 2.45) is 4.99 Å². The lowest BCUT2D eigenvalue weighted by atomic mass is 10.2. The Balaban J connectivity index is 0.00000441. The summed E-state index contributed by atoms with van der Waals surface area (Å²) in [6.07, 6.45) is 0. The summed E-state index contributed by atoms with van der Waals surface area (Å²) in [5.41, 5.74) is 1.18. The van der Waals surface area contributed by atoms with Crippen LogP contribution in [0.4, 0.5) is 0 Å². The van der Waals surface area contributed by atoms with Crippen molar-refractivity contribution in [3.63, 3.8) is 0 Å². The molecule has 1 unspecified atom stereocenters. The maximum Gasteiger partial charge on any atom is 0.191 e. The predicted molar refractivity (Wildman–Crippen MR) is 102 cm³/mol. The summed E-state index contributed by atoms with van der Waals surface area (Å²) in [6, 6.07) is 10.4. The van der Waals surface area contributed by atoms with Crippen molar-refractivity contribution in [1.82, 2.24) is 10.6 Å². The van der Waals surface area contributed by atoms with Crippen molar-refractivity contribution < 1.29 is 9.47 Å². The number of aliphatic imine (C=N–C) groups is 1. The standard InChI is InChI=1S/C16H27N3O2.HI/c1-4-17-16(19-14(2)12-20-3)18-10-11-21-13-15-8-6-5-7-9-15;/h5-9,14H,4,10-13H2,1-3H3,(H2,17,18,19);1H. The molecular formula is C16H28IN3O2. The average molecular weight is 421 g/mol. The minimum absolute atomic E-state index is 0. The summed E-state index contributed by atoms with van der Waals surface area (Å²) in [5.74, 6) is 0.797. The number of halogens is 1. The van der Waals surface area contributed by atoms with E-state index >= 15 is 0 Å². The Bertz CT molecular complexity index is 402. The van der Waals surface area contributed by atoms with Crippen LogP contribution in [0, 0.1) is 0 Å². The van der Waals surface area contributed by atoms with Gasteiger partial charge in [0.25, 0.3) is 0 Å². The normalized spacial score (nSPS) is 12.4. The van der Waals surface area contributed by atoms with Crippen molar-refractivity contribution in [3.8, 4) is 0 Å². The summed E-state index contributed by atoms with van der Waals surface area (Å²) < 4.78 is 10.7. The van der Waals surface area contributed by atoms with Gasteiger partial charge in [-0.05, 0) is 19.4 Å². The van der Waals surface area contributed by atoms with Crippen molar-refractivity contribution in [1.29, 1.82) is 0 Å². The van der Waals surface area contributed by atoms with Gasteiger partial charge in [-0.15, -0.1) is 24.0 Å². The number of benzene rings is 1. The number of guanidine groups is 1. The van der Waals surface area contributed by atoms with Crippen LogP contribution in [-0.2, 0) is 16.1 Å². The highest BCUT2D eigenvalue weighted by atomic mass is 127. The maximum atomic E-state index is 5.61. The first-order valence-electron chi connectivity index (χ1n) is 7.41. The van der Waals surface area contributed by atoms with E-state index in [9.17, 15) is 0 Å². The fourth-order valence-corrected chi connectivity index (χ4v) is 1.83. The zero-order chi connectivity index (χ0) is 15.3. The van der Waals surface area contributed by atoms with Gasteiger partial charge in [-0.1, -0.05) is 30.3 Å². The molecule has 0 heterocycles. The van der Waals surface area contributed by atoms with Gasteiger partial charge < -0.3 is 20.1 Å². The summed E-state index contributed by atoms with van der Waals surface area (Å²) in [4.78, 5) is 4.48. The largest absolute Gasteiger partial charge is 0.383 e. The number of nitrogens with one attached hydrogen (secondary N) is 2. The minimum atomic E-state index is 0. The highest BCUT2D eigenvalue weighted by Gasteiger charge is 2.03. The van der Waals surface area contributed by atoms with Gasteiger partial charge in [0.05, 0.1) is 26.4 Å². The first kappa shape index (κ1) is 21.1. The third-order valence-electron chi connectivity index (χ3n) is 2.76. The predicted octanol–water partition coefficient (Wildman–Crippen LogP) is 2.41. The van der Waals surface area contributed by atoms with Gasteiger partial charge in [0.1, 0.15) is 0 Å². The highest BCUT2D eigenvalue weighted by molar-refractivity contribution is 14.0. The molecule has 1 atom stereocenters. The monoisotopic (exact) mass is 421 g/mol. The van der Waals surface area contributed by atoms with Gasteiger partial charge in [0.2, 0.25) is 0 Å². The number of methoxy groups -OCH3 is 1. The summed E-state index contributed by atoms with van der Waals surface area (Å²) >= 11 is 0. The molecule has 0 radical (unpaired) electrons. The van der Waals surface area contributed by atoms with Crippen LogP contribution in [0.2, 0.25) is 0 Å². The third kappa shape index (κ3) is 9.97. The van der Waals surface area contributed by atoms with E-state index in [1.165, 1.54) is 5.56 Å². The van der Waals surface area contributed by atoms with Gasteiger partial charge in [0, 0.05) is 19.7 Å². The van der Waals surface area contributed by atoms with Crippen LogP contribution in [0.3, 0.4) is 0 Å². The molecule has 1 aromatic carbocycles. The second-order valence-electron chi connectivity index (χ2n) is 4.80. The smallest absolute Gasteiger partial charge is 0.191 e. The molecule has 0 amide bonds. The SMILES string of the molecule is CCNC(=NCCOCc1ccccc1)NC(C)COC.I. The molecule has 0 aliphatic carbocycles. The van der Waals surface area contributed by atoms with Crippen molar-refractivity contribution in [2.45, 2.75) is 26.5 Å². The van der Waals surface area contributed by atoms with Crippen molar-refractivity contribution >= 4 is 29.9 Å². The van der Waals surface area contributed by atoms with Crippen LogP contribution in [0.25, 0.3) is 0 Å². The Morgan fingerprint density at radius 3 is 2.64 bits per heavy atom. The van der Waals surface area contributed by atoms with Crippen LogP contribution >= 0.6 is 24.0 Å². The van der Waals surface area contributed by atoms with E-state index in [0.29, 0.717) is 26.4 Å². The summed E-state index contributed by atoms with van der Waals surface area (Å²) in [6.45, 7) is 7.43. The Kier molecular flexibility index (Phi) is 13.2. The lowest BCUT2D eigenvalue weighted by molar-refractivity contribution is 0.128. The number of rotatable bonds is 9. The molecule has 0 aromatic heterocycles. The molecule has 1 rings (SSSR count). The average Bonchev–Trinajstić information content (AvgIpc) is 2.48. The van der Waals surface area contributed by atoms with Gasteiger partial charge in [-0.25, -0.2) is 0 Å². The van der Waals surface area contributed by atoms with E-state index in [0.717, 1.165) is 12.5 Å². The van der Waals surface area contributed by atoms with Crippen LogP contribution in [0.5, 0.6) is 0 Å². The second-order valence-corrected chi connectivity index (χ2v) is 4.80. The molecule has 0 fully saturated rings. The first-order valence-corrected chi connectivity index (χ1v) is 7.41. The Labute approximate surface area is 150 Å². The van der Waals surface area contributed by atoms with E-state index in [4.69, 9.17) is 9.47 Å². The van der Waals surface area contributed by atoms with Crippen LogP contribution in [-0.4, -0.2) is 45.4 Å². The van der Waals surface area contributed by atoms with Crippen LogP contribution in [0.1, 0.15) is 19.4 Å². The van der Waals surface area contributed by atoms with E-state index in [-0.39, 0.29) is 30.0 Å². The quantitative estimate of drug-likeness (QED) is 0.278. The van der Waals surface area contributed by atoms with E-state index < -0.39 is 0 Å². The van der Waals surface area contributed by atoms with E-state index in [1.54, 1.807) is 7.11 Å². The molecule has 0 saturated carbocycles. The lowest BCUT2D eigenvalue weighted by Crippen LogP contribution is -2.44. The molecule has 0 saturated heterocycles. The van der Waals surface area contributed by atoms with Gasteiger partial charge in [0.15, 0.2) is 5.96 Å². The summed E-state index contributed by atoms with van der Waals surface area (Å²) in [7, 11) is 1.69. The van der Waals surface area contributed by atoms with Crippen molar-refractivity contribution in [3.05, 3.63) is 35.9 Å². The third-order valence-corrected chi connectivity index (χ3v) is 2.76. The Hall–Kier alpha value is -0.860. The molecular weight excluding hydrogens is 393 g/mol. The van der Waals surface area contributed by atoms with E-state index in [1.807, 2.05) is 25.1 Å². The van der Waals surface area contributed by atoms with Crippen molar-refractivity contribution in [2.75, 3.05) is 33.4 Å². The molecule has 5 nitrogen and oxygen atoms in total. The summed E-state index contributed by atoms with van der Waals surface area (Å²) in [5, 5.41) is 6.49. The minimum Gasteiger partial charge on any atom is -0.383 e. The first-order chi connectivity index (χ1) is 10.3. The molecule has 0 bridgehead atoms. The molecule has 0 aliphatic rings. The molecule has 0 spiro atoms. The lowest BCUT2D eigenvalue weighted by Gasteiger charge is -2.16. The fourth-order valence-electron chi connectivity index (χ4n) is 1.83. The van der Waals surface area contributed by atoms with Gasteiger partial charge in [-0.3, -0.25) is 4.99 Å². The molecule has 22 heavy (non-hydrogen) atoms. The molecule has 126 valence electrons. The molecule has 0 aliphatic heterocycles. The Morgan fingerprint density at radius 2 is 2.00 bits per heavy atom. The number of hydrogen-bond donors (Lipinski definition) is 2. The zero-order valence-electron chi connectivity index (χ0n) is 13.7. The van der Waals surface area contributed by atoms with Crippen LogP contribution in [0.15, 0.2) is 35.3 Å². The number of ether oxygens (including phenoxy) is 2.